The first-order valence-electron chi connectivity index (χ1n) is 6.23. The summed E-state index contributed by atoms with van der Waals surface area (Å²) in [7, 11) is 0. The number of amidine groups is 1. The zero-order valence-electron chi connectivity index (χ0n) is 10.9. The number of pyridine rings is 1. The van der Waals surface area contributed by atoms with Crippen molar-refractivity contribution in [2.45, 2.75) is 0 Å². The van der Waals surface area contributed by atoms with Gasteiger partial charge >= 0.3 is 0 Å². The Morgan fingerprint density at radius 2 is 2.10 bits per heavy atom. The lowest BCUT2D eigenvalue weighted by Gasteiger charge is -2.34. The number of hydrogen-bond donors (Lipinski definition) is 3. The van der Waals surface area contributed by atoms with Crippen LogP contribution in [0, 0.1) is 0 Å². The summed E-state index contributed by atoms with van der Waals surface area (Å²) < 4.78 is 0. The van der Waals surface area contributed by atoms with Gasteiger partial charge in [0.2, 0.25) is 0 Å². The molecule has 1 amide bonds. The molecule has 0 radical (unpaired) electrons. The Labute approximate surface area is 116 Å². The molecule has 0 spiro atoms. The van der Waals surface area contributed by atoms with Gasteiger partial charge in [0.1, 0.15) is 5.75 Å². The molecule has 1 aliphatic rings. The molecule has 0 bridgehead atoms. The minimum absolute atomic E-state index is 0.114. The smallest absolute Gasteiger partial charge is 0.257 e. The highest BCUT2D eigenvalue weighted by Crippen LogP contribution is 2.17. The second-order valence-electron chi connectivity index (χ2n) is 4.55. The molecule has 1 saturated heterocycles. The van der Waals surface area contributed by atoms with Crippen LogP contribution in [-0.2, 0) is 0 Å². The lowest BCUT2D eigenvalue weighted by atomic mass is 10.2. The number of oxime groups is 1. The van der Waals surface area contributed by atoms with Crippen molar-refractivity contribution >= 4 is 11.7 Å². The fraction of sp³-hybridized carbons (Fsp3) is 0.417. The molecule has 0 aliphatic carbocycles. The average molecular weight is 279 g/mol. The van der Waals surface area contributed by atoms with Crippen molar-refractivity contribution in [1.29, 1.82) is 0 Å². The van der Waals surface area contributed by atoms with Gasteiger partial charge in [-0.25, -0.2) is 0 Å². The van der Waals surface area contributed by atoms with Crippen molar-refractivity contribution in [3.8, 4) is 5.75 Å². The van der Waals surface area contributed by atoms with E-state index in [9.17, 15) is 9.90 Å². The summed E-state index contributed by atoms with van der Waals surface area (Å²) in [6, 6.07) is 1.50. The van der Waals surface area contributed by atoms with Gasteiger partial charge in [0.25, 0.3) is 5.91 Å². The molecule has 1 aromatic rings. The first kappa shape index (κ1) is 14.1. The van der Waals surface area contributed by atoms with Crippen LogP contribution < -0.4 is 5.73 Å². The van der Waals surface area contributed by atoms with Gasteiger partial charge in [-0.2, -0.15) is 0 Å². The summed E-state index contributed by atoms with van der Waals surface area (Å²) in [5.41, 5.74) is 5.70. The quantitative estimate of drug-likeness (QED) is 0.291. The van der Waals surface area contributed by atoms with Crippen LogP contribution >= 0.6 is 0 Å². The van der Waals surface area contributed by atoms with Crippen molar-refractivity contribution in [2.75, 3.05) is 32.7 Å². The molecule has 0 saturated carbocycles. The molecule has 108 valence electrons. The number of hydrogen-bond acceptors (Lipinski definition) is 6. The largest absolute Gasteiger partial charge is 0.505 e. The van der Waals surface area contributed by atoms with E-state index in [0.29, 0.717) is 32.7 Å². The molecule has 20 heavy (non-hydrogen) atoms. The predicted octanol–water partition coefficient (Wildman–Crippen LogP) is -0.709. The lowest BCUT2D eigenvalue weighted by Crippen LogP contribution is -2.50. The highest BCUT2D eigenvalue weighted by Gasteiger charge is 2.24. The Morgan fingerprint density at radius 1 is 1.40 bits per heavy atom. The molecule has 0 aromatic carbocycles. The predicted molar refractivity (Wildman–Crippen MR) is 71.7 cm³/mol. The van der Waals surface area contributed by atoms with Gasteiger partial charge in [0.05, 0.1) is 18.3 Å². The van der Waals surface area contributed by atoms with Crippen LogP contribution in [0.1, 0.15) is 10.4 Å². The third-order valence-corrected chi connectivity index (χ3v) is 3.20. The highest BCUT2D eigenvalue weighted by molar-refractivity contribution is 5.96. The van der Waals surface area contributed by atoms with E-state index < -0.39 is 0 Å². The third kappa shape index (κ3) is 3.15. The second kappa shape index (κ2) is 6.20. The van der Waals surface area contributed by atoms with Crippen molar-refractivity contribution in [3.63, 3.8) is 0 Å². The summed E-state index contributed by atoms with van der Waals surface area (Å²) in [4.78, 5) is 19.6. The van der Waals surface area contributed by atoms with Crippen molar-refractivity contribution < 1.29 is 15.1 Å². The Hall–Kier alpha value is -2.35. The van der Waals surface area contributed by atoms with Crippen LogP contribution in [0.15, 0.2) is 23.6 Å². The van der Waals surface area contributed by atoms with Crippen LogP contribution in [0.25, 0.3) is 0 Å². The minimum Gasteiger partial charge on any atom is -0.505 e. The summed E-state index contributed by atoms with van der Waals surface area (Å²) in [5.74, 6) is -0.179. The number of carbonyl (C=O) groups excluding carboxylic acids is 1. The summed E-state index contributed by atoms with van der Waals surface area (Å²) in [5, 5.41) is 21.1. The van der Waals surface area contributed by atoms with Crippen LogP contribution in [0.5, 0.6) is 5.75 Å². The van der Waals surface area contributed by atoms with Crippen LogP contribution in [0.4, 0.5) is 0 Å². The van der Waals surface area contributed by atoms with Gasteiger partial charge < -0.3 is 20.9 Å². The van der Waals surface area contributed by atoms with Gasteiger partial charge in [0.15, 0.2) is 5.84 Å². The molecule has 2 heterocycles. The number of aromatic hydroxyl groups is 1. The molecular weight excluding hydrogens is 262 g/mol. The molecule has 1 aliphatic heterocycles. The Balaban J connectivity index is 1.94. The molecule has 1 fully saturated rings. The maximum absolute atomic E-state index is 12.2. The van der Waals surface area contributed by atoms with Gasteiger partial charge in [-0.05, 0) is 6.07 Å². The van der Waals surface area contributed by atoms with Crippen LogP contribution in [-0.4, -0.2) is 69.6 Å². The maximum atomic E-state index is 12.2. The standard InChI is InChI=1S/C12H17N5O3/c13-11(15-20)8-16-3-5-17(6-4-16)12(19)9-1-2-14-7-10(9)18/h1-2,7,18,20H,3-6,8H2,(H2,13,15). The number of carbonyl (C=O) groups is 1. The Morgan fingerprint density at radius 3 is 2.70 bits per heavy atom. The van der Waals surface area contributed by atoms with Gasteiger partial charge in [-0.3, -0.25) is 14.7 Å². The number of nitrogens with two attached hydrogens (primary N) is 1. The SMILES string of the molecule is N/C(CN1CCN(C(=O)c2ccncc2O)CC1)=N/O. The fourth-order valence-electron chi connectivity index (χ4n) is 2.11. The fourth-order valence-corrected chi connectivity index (χ4v) is 2.11. The van der Waals surface area contributed by atoms with E-state index in [4.69, 9.17) is 10.9 Å². The van der Waals surface area contributed by atoms with Crippen LogP contribution in [0.3, 0.4) is 0 Å². The normalized spacial score (nSPS) is 17.2. The molecular formula is C12H17N5O3. The van der Waals surface area contributed by atoms with E-state index in [1.807, 2.05) is 4.90 Å². The first-order valence-corrected chi connectivity index (χ1v) is 6.23. The zero-order chi connectivity index (χ0) is 14.5. The van der Waals surface area contributed by atoms with E-state index in [0.717, 1.165) is 0 Å². The number of nitrogens with zero attached hydrogens (tertiary/aromatic N) is 4. The maximum Gasteiger partial charge on any atom is 0.257 e. The monoisotopic (exact) mass is 279 g/mol. The lowest BCUT2D eigenvalue weighted by molar-refractivity contribution is 0.0650. The third-order valence-electron chi connectivity index (χ3n) is 3.20. The van der Waals surface area contributed by atoms with Gasteiger partial charge in [0, 0.05) is 32.4 Å². The number of rotatable bonds is 3. The molecule has 0 unspecified atom stereocenters. The second-order valence-corrected chi connectivity index (χ2v) is 4.55. The van der Waals surface area contributed by atoms with E-state index in [1.165, 1.54) is 18.5 Å². The van der Waals surface area contributed by atoms with Gasteiger partial charge in [-0.15, -0.1) is 0 Å². The summed E-state index contributed by atoms with van der Waals surface area (Å²) in [6.07, 6.45) is 2.73. The Bertz CT molecular complexity index is 512. The molecule has 1 aromatic heterocycles. The summed E-state index contributed by atoms with van der Waals surface area (Å²) in [6.45, 7) is 2.69. The molecule has 8 heteroatoms. The van der Waals surface area contributed by atoms with Crippen molar-refractivity contribution in [3.05, 3.63) is 24.0 Å². The van der Waals surface area contributed by atoms with E-state index in [1.54, 1.807) is 4.90 Å². The van der Waals surface area contributed by atoms with E-state index >= 15 is 0 Å². The number of amides is 1. The highest BCUT2D eigenvalue weighted by atomic mass is 16.4. The minimum atomic E-state index is -0.214. The van der Waals surface area contributed by atoms with Crippen molar-refractivity contribution in [1.82, 2.24) is 14.8 Å². The molecule has 8 nitrogen and oxygen atoms in total. The Kier molecular flexibility index (Phi) is 4.36. The molecule has 4 N–H and O–H groups in total. The topological polar surface area (TPSA) is 115 Å². The first-order chi connectivity index (χ1) is 9.61. The summed E-state index contributed by atoms with van der Waals surface area (Å²) >= 11 is 0. The number of piperazine rings is 1. The number of aromatic nitrogens is 1. The molecule has 2 rings (SSSR count). The van der Waals surface area contributed by atoms with Crippen LogP contribution in [0.2, 0.25) is 0 Å². The van der Waals surface area contributed by atoms with E-state index in [-0.39, 0.29) is 23.1 Å². The molecule has 0 atom stereocenters. The zero-order valence-corrected chi connectivity index (χ0v) is 10.9. The van der Waals surface area contributed by atoms with Crippen molar-refractivity contribution in [2.24, 2.45) is 10.9 Å². The van der Waals surface area contributed by atoms with E-state index in [2.05, 4.69) is 10.1 Å². The average Bonchev–Trinajstić information content (AvgIpc) is 2.47. The van der Waals surface area contributed by atoms with Gasteiger partial charge in [-0.1, -0.05) is 5.16 Å².